The van der Waals surface area contributed by atoms with Gasteiger partial charge in [0.15, 0.2) is 5.82 Å². The highest BCUT2D eigenvalue weighted by Crippen LogP contribution is 2.35. The summed E-state index contributed by atoms with van der Waals surface area (Å²) in [4.78, 5) is 2.34. The average molecular weight is 351 g/mol. The van der Waals surface area contributed by atoms with Gasteiger partial charge in [-0.15, -0.1) is 10.2 Å². The number of rotatable bonds is 3. The predicted molar refractivity (Wildman–Crippen MR) is 104 cm³/mol. The molecule has 6 heteroatoms. The van der Waals surface area contributed by atoms with Gasteiger partial charge in [0, 0.05) is 48.4 Å². The first-order chi connectivity index (χ1) is 12.5. The Kier molecular flexibility index (Phi) is 4.28. The topological polar surface area (TPSA) is 66.2 Å². The molecule has 0 spiro atoms. The van der Waals surface area contributed by atoms with Crippen LogP contribution in [-0.2, 0) is 7.05 Å². The fourth-order valence-corrected chi connectivity index (χ4v) is 3.79. The zero-order valence-electron chi connectivity index (χ0n) is 15.5. The van der Waals surface area contributed by atoms with E-state index in [1.165, 1.54) is 6.42 Å². The number of nitrogens with zero attached hydrogens (tertiary/aromatic N) is 4. The molecule has 0 amide bonds. The molecule has 1 fully saturated rings. The first kappa shape index (κ1) is 16.8. The van der Waals surface area contributed by atoms with Crippen molar-refractivity contribution in [1.82, 2.24) is 19.7 Å². The van der Waals surface area contributed by atoms with E-state index in [1.807, 2.05) is 36.9 Å². The van der Waals surface area contributed by atoms with Crippen LogP contribution in [0.2, 0.25) is 0 Å². The van der Waals surface area contributed by atoms with Crippen molar-refractivity contribution in [2.75, 3.05) is 25.5 Å². The second-order valence-electron chi connectivity index (χ2n) is 7.41. The number of aromatic hydroxyl groups is 1. The number of phenols is 1. The number of aromatic nitrogens is 3. The number of likely N-dealkylation sites (N-methyl/N-ethyl adjacent to an activating group) is 1. The van der Waals surface area contributed by atoms with Gasteiger partial charge >= 0.3 is 0 Å². The lowest BCUT2D eigenvalue weighted by Gasteiger charge is -2.30. The Labute approximate surface area is 153 Å². The lowest BCUT2D eigenvalue weighted by Crippen LogP contribution is -2.40. The fraction of sp³-hybridized carbons (Fsp3) is 0.400. The third kappa shape index (κ3) is 3.12. The van der Waals surface area contributed by atoms with E-state index in [9.17, 15) is 5.11 Å². The third-order valence-corrected chi connectivity index (χ3v) is 5.09. The molecule has 0 unspecified atom stereocenters. The molecule has 0 bridgehead atoms. The lowest BCUT2D eigenvalue weighted by molar-refractivity contribution is 0.261. The summed E-state index contributed by atoms with van der Waals surface area (Å²) in [5.74, 6) is 1.05. The van der Waals surface area contributed by atoms with Crippen molar-refractivity contribution >= 4 is 16.6 Å². The summed E-state index contributed by atoms with van der Waals surface area (Å²) in [7, 11) is 4.15. The summed E-state index contributed by atoms with van der Waals surface area (Å²) >= 11 is 0. The highest BCUT2D eigenvalue weighted by atomic mass is 16.3. The average Bonchev–Trinajstić information content (AvgIpc) is 2.98. The molecule has 1 aliphatic heterocycles. The van der Waals surface area contributed by atoms with E-state index < -0.39 is 0 Å². The quantitative estimate of drug-likeness (QED) is 0.759. The number of piperidine rings is 1. The molecule has 6 nitrogen and oxygen atoms in total. The van der Waals surface area contributed by atoms with E-state index in [2.05, 4.69) is 33.7 Å². The van der Waals surface area contributed by atoms with Crippen LogP contribution >= 0.6 is 0 Å². The Bertz CT molecular complexity index is 949. The van der Waals surface area contributed by atoms with E-state index in [-0.39, 0.29) is 5.75 Å². The molecule has 26 heavy (non-hydrogen) atoms. The summed E-state index contributed by atoms with van der Waals surface area (Å²) < 4.78 is 2.01. The van der Waals surface area contributed by atoms with Gasteiger partial charge in [0.05, 0.1) is 0 Å². The van der Waals surface area contributed by atoms with Crippen LogP contribution in [-0.4, -0.2) is 50.9 Å². The van der Waals surface area contributed by atoms with Gasteiger partial charge in [-0.25, -0.2) is 0 Å². The zero-order valence-corrected chi connectivity index (χ0v) is 15.5. The Balaban J connectivity index is 1.76. The van der Waals surface area contributed by atoms with Gasteiger partial charge in [-0.3, -0.25) is 0 Å². The summed E-state index contributed by atoms with van der Waals surface area (Å²) in [5.41, 5.74) is 2.44. The maximum absolute atomic E-state index is 10.4. The van der Waals surface area contributed by atoms with Gasteiger partial charge in [-0.2, -0.15) is 0 Å². The standard InChI is InChI=1S/C20H25N5O/c1-13-6-7-15(18(26)9-13)19-16-11-25(3)12-17(16)20(23-22-19)21-14-5-4-8-24(2)10-14/h6-7,9,11-12,14,26H,4-5,8,10H2,1-3H3,(H,21,23)/t14-/m1/s1. The highest BCUT2D eigenvalue weighted by Gasteiger charge is 2.20. The van der Waals surface area contributed by atoms with Gasteiger partial charge < -0.3 is 19.9 Å². The van der Waals surface area contributed by atoms with Crippen molar-refractivity contribution in [3.8, 4) is 17.0 Å². The summed E-state index contributed by atoms with van der Waals surface area (Å²) in [6, 6.07) is 6.03. The molecular formula is C20H25N5O. The summed E-state index contributed by atoms with van der Waals surface area (Å²) in [6.07, 6.45) is 6.43. The van der Waals surface area contributed by atoms with Gasteiger partial charge in [0.1, 0.15) is 11.4 Å². The third-order valence-electron chi connectivity index (χ3n) is 5.09. The van der Waals surface area contributed by atoms with E-state index >= 15 is 0 Å². The van der Waals surface area contributed by atoms with Gasteiger partial charge in [0.2, 0.25) is 0 Å². The van der Waals surface area contributed by atoms with Crippen LogP contribution in [0.3, 0.4) is 0 Å². The first-order valence-corrected chi connectivity index (χ1v) is 9.08. The molecular weight excluding hydrogens is 326 g/mol. The van der Waals surface area contributed by atoms with Crippen molar-refractivity contribution < 1.29 is 5.11 Å². The van der Waals surface area contributed by atoms with Gasteiger partial charge in [0.25, 0.3) is 0 Å². The Morgan fingerprint density at radius 1 is 1.15 bits per heavy atom. The van der Waals surface area contributed by atoms with Gasteiger partial charge in [-0.05, 0) is 51.1 Å². The number of benzene rings is 1. The largest absolute Gasteiger partial charge is 0.507 e. The van der Waals surface area contributed by atoms with E-state index in [0.29, 0.717) is 17.3 Å². The molecule has 0 aliphatic carbocycles. The Morgan fingerprint density at radius 3 is 2.73 bits per heavy atom. The lowest BCUT2D eigenvalue weighted by atomic mass is 10.0. The minimum atomic E-state index is 0.235. The Morgan fingerprint density at radius 2 is 1.96 bits per heavy atom. The minimum Gasteiger partial charge on any atom is -0.507 e. The van der Waals surface area contributed by atoms with Crippen molar-refractivity contribution in [2.24, 2.45) is 7.05 Å². The zero-order chi connectivity index (χ0) is 18.3. The maximum Gasteiger partial charge on any atom is 0.158 e. The number of phenolic OH excluding ortho intramolecular Hbond substituents is 1. The number of aryl methyl sites for hydroxylation is 2. The molecule has 1 aromatic carbocycles. The number of anilines is 1. The molecule has 3 heterocycles. The van der Waals surface area contributed by atoms with E-state index in [1.54, 1.807) is 6.07 Å². The predicted octanol–water partition coefficient (Wildman–Crippen LogP) is 3.16. The van der Waals surface area contributed by atoms with Crippen LogP contribution in [0.4, 0.5) is 5.82 Å². The van der Waals surface area contributed by atoms with Crippen molar-refractivity contribution in [3.05, 3.63) is 36.2 Å². The van der Waals surface area contributed by atoms with Crippen LogP contribution in [0.5, 0.6) is 5.75 Å². The molecule has 1 aliphatic rings. The molecule has 136 valence electrons. The van der Waals surface area contributed by atoms with E-state index in [0.717, 1.165) is 41.7 Å². The summed E-state index contributed by atoms with van der Waals surface area (Å²) in [6.45, 7) is 4.12. The molecule has 1 saturated heterocycles. The smallest absolute Gasteiger partial charge is 0.158 e. The number of nitrogens with one attached hydrogen (secondary N) is 1. The van der Waals surface area contributed by atoms with Crippen LogP contribution in [0, 0.1) is 6.92 Å². The molecule has 2 aromatic heterocycles. The van der Waals surface area contributed by atoms with Crippen LogP contribution in [0.1, 0.15) is 18.4 Å². The number of hydrogen-bond donors (Lipinski definition) is 2. The Hall–Kier alpha value is -2.60. The van der Waals surface area contributed by atoms with Crippen LogP contribution in [0.25, 0.3) is 22.0 Å². The maximum atomic E-state index is 10.4. The first-order valence-electron chi connectivity index (χ1n) is 9.08. The fourth-order valence-electron chi connectivity index (χ4n) is 3.79. The molecule has 4 rings (SSSR count). The molecule has 3 aromatic rings. The van der Waals surface area contributed by atoms with Gasteiger partial charge in [-0.1, -0.05) is 6.07 Å². The molecule has 0 saturated carbocycles. The second-order valence-corrected chi connectivity index (χ2v) is 7.41. The van der Waals surface area contributed by atoms with Crippen molar-refractivity contribution in [3.63, 3.8) is 0 Å². The van der Waals surface area contributed by atoms with E-state index in [4.69, 9.17) is 0 Å². The minimum absolute atomic E-state index is 0.235. The van der Waals surface area contributed by atoms with Crippen LogP contribution in [0.15, 0.2) is 30.6 Å². The normalized spacial score (nSPS) is 18.3. The van der Waals surface area contributed by atoms with Crippen LogP contribution < -0.4 is 5.32 Å². The van der Waals surface area contributed by atoms with Crippen molar-refractivity contribution in [2.45, 2.75) is 25.8 Å². The molecule has 1 atom stereocenters. The highest BCUT2D eigenvalue weighted by molar-refractivity contribution is 6.01. The number of fused-ring (bicyclic) bond motifs is 1. The number of hydrogen-bond acceptors (Lipinski definition) is 5. The summed E-state index contributed by atoms with van der Waals surface area (Å²) in [5, 5.41) is 24.9. The number of likely N-dealkylation sites (tertiary alicyclic amines) is 1. The molecule has 2 N–H and O–H groups in total. The second kappa shape index (κ2) is 6.61. The SMILES string of the molecule is Cc1ccc(-c2nnc(N[C@@H]3CCCN(C)C3)c3cn(C)cc23)c(O)c1. The van der Waals surface area contributed by atoms with Crippen molar-refractivity contribution in [1.29, 1.82) is 0 Å². The monoisotopic (exact) mass is 351 g/mol. The molecule has 0 radical (unpaired) electrons.